The number of halogens is 6. The molecular formula is C9H15Br4Cl2O4P. The Morgan fingerprint density at radius 2 is 1.35 bits per heavy atom. The monoisotopic (exact) mass is 604 g/mol. The van der Waals surface area contributed by atoms with Crippen molar-refractivity contribution < 1.29 is 18.1 Å². The lowest BCUT2D eigenvalue weighted by atomic mass is 10.5. The summed E-state index contributed by atoms with van der Waals surface area (Å²) in [5.74, 6) is 0.187. The van der Waals surface area contributed by atoms with E-state index in [1.165, 1.54) is 0 Å². The molecule has 0 aromatic heterocycles. The molecule has 0 saturated carbocycles. The van der Waals surface area contributed by atoms with Crippen LogP contribution in [0.15, 0.2) is 0 Å². The van der Waals surface area contributed by atoms with Crippen molar-refractivity contribution in [1.29, 1.82) is 0 Å². The van der Waals surface area contributed by atoms with E-state index in [1.807, 2.05) is 0 Å². The summed E-state index contributed by atoms with van der Waals surface area (Å²) in [7, 11) is -3.67. The molecule has 4 nitrogen and oxygen atoms in total. The second kappa shape index (κ2) is 13.0. The molecule has 0 amide bonds. The smallest absolute Gasteiger partial charge is 0.286 e. The van der Waals surface area contributed by atoms with Crippen LogP contribution in [0.25, 0.3) is 0 Å². The van der Waals surface area contributed by atoms with Crippen LogP contribution < -0.4 is 0 Å². The predicted molar refractivity (Wildman–Crippen MR) is 98.8 cm³/mol. The fraction of sp³-hybridized carbons (Fsp3) is 1.00. The van der Waals surface area contributed by atoms with Gasteiger partial charge in [-0.2, -0.15) is 0 Å². The van der Waals surface area contributed by atoms with Crippen molar-refractivity contribution in [3.05, 3.63) is 0 Å². The first-order valence-electron chi connectivity index (χ1n) is 5.50. The van der Waals surface area contributed by atoms with Gasteiger partial charge in [-0.15, -0.1) is 23.2 Å². The van der Waals surface area contributed by atoms with Crippen LogP contribution in [0.5, 0.6) is 0 Å². The van der Waals surface area contributed by atoms with Crippen molar-refractivity contribution in [3.8, 4) is 0 Å². The van der Waals surface area contributed by atoms with Crippen LogP contribution in [0.1, 0.15) is 0 Å². The lowest BCUT2D eigenvalue weighted by Gasteiger charge is -2.21. The van der Waals surface area contributed by atoms with Crippen molar-refractivity contribution in [2.24, 2.45) is 0 Å². The van der Waals surface area contributed by atoms with Gasteiger partial charge in [-0.3, -0.25) is 13.6 Å². The molecule has 20 heavy (non-hydrogen) atoms. The van der Waals surface area contributed by atoms with Gasteiger partial charge in [-0.05, 0) is 0 Å². The lowest BCUT2D eigenvalue weighted by molar-refractivity contribution is 0.117. The van der Waals surface area contributed by atoms with Crippen LogP contribution in [-0.4, -0.2) is 51.4 Å². The van der Waals surface area contributed by atoms with Crippen molar-refractivity contribution in [3.63, 3.8) is 0 Å². The third-order valence-electron chi connectivity index (χ3n) is 1.74. The summed E-state index contributed by atoms with van der Waals surface area (Å²) < 4.78 is 28.2. The maximum atomic E-state index is 12.4. The molecule has 0 heterocycles. The van der Waals surface area contributed by atoms with E-state index in [1.54, 1.807) is 0 Å². The highest BCUT2D eigenvalue weighted by Crippen LogP contribution is 2.50. The molecule has 0 spiro atoms. The molecule has 0 aliphatic carbocycles. The molecule has 0 aromatic carbocycles. The SMILES string of the molecule is O=P(OC[C@@H](Cl)CCl)(OC[C@H](Br)CBr)OC[C@H](Br)CBr. The molecule has 0 bridgehead atoms. The number of hydrogen-bond acceptors (Lipinski definition) is 4. The van der Waals surface area contributed by atoms with E-state index in [-0.39, 0.29) is 35.4 Å². The Morgan fingerprint density at radius 3 is 1.70 bits per heavy atom. The van der Waals surface area contributed by atoms with Gasteiger partial charge >= 0.3 is 7.82 Å². The quantitative estimate of drug-likeness (QED) is 0.223. The van der Waals surface area contributed by atoms with Crippen LogP contribution in [0.4, 0.5) is 0 Å². The van der Waals surface area contributed by atoms with E-state index in [9.17, 15) is 4.57 Å². The highest BCUT2D eigenvalue weighted by Gasteiger charge is 2.29. The highest BCUT2D eigenvalue weighted by atomic mass is 79.9. The largest absolute Gasteiger partial charge is 0.474 e. The molecule has 0 aliphatic rings. The summed E-state index contributed by atoms with van der Waals surface area (Å²) >= 11 is 24.7. The standard InChI is InChI=1S/C9H15Br4Cl2O4P/c10-1-7(12)4-17-20(16,18-5-8(13)2-11)19-6-9(15)3-14/h7-9H,1-6H2/t7-,8-,9+/m1/s1. The van der Waals surface area contributed by atoms with E-state index in [0.717, 1.165) is 0 Å². The molecule has 0 N–H and O–H groups in total. The molecule has 0 radical (unpaired) electrons. The first kappa shape index (κ1) is 22.6. The molecule has 3 atom stereocenters. The van der Waals surface area contributed by atoms with Gasteiger partial charge in [0.25, 0.3) is 0 Å². The number of phosphoric ester groups is 1. The minimum atomic E-state index is -3.67. The fourth-order valence-electron chi connectivity index (χ4n) is 0.762. The summed E-state index contributed by atoms with van der Waals surface area (Å²) in [6.45, 7) is 0.347. The zero-order valence-corrected chi connectivity index (χ0v) is 19.1. The van der Waals surface area contributed by atoms with E-state index < -0.39 is 13.2 Å². The molecule has 0 aromatic rings. The minimum absolute atomic E-state index is 0.00112. The van der Waals surface area contributed by atoms with Gasteiger partial charge in [0.05, 0.1) is 25.2 Å². The first-order valence-corrected chi connectivity index (χ1v) is 12.0. The fourth-order valence-corrected chi connectivity index (χ4v) is 3.36. The van der Waals surface area contributed by atoms with Crippen molar-refractivity contribution >= 4 is 94.7 Å². The Morgan fingerprint density at radius 1 is 0.950 bits per heavy atom. The number of alkyl halides is 6. The Hall–Kier alpha value is 2.61. The van der Waals surface area contributed by atoms with E-state index in [0.29, 0.717) is 10.7 Å². The Labute approximate surface area is 163 Å². The second-order valence-corrected chi connectivity index (χ2v) is 10.1. The van der Waals surface area contributed by atoms with Gasteiger partial charge in [0.15, 0.2) is 0 Å². The molecule has 0 rings (SSSR count). The first-order chi connectivity index (χ1) is 9.36. The molecule has 0 aliphatic heterocycles. The average molecular weight is 609 g/mol. The Bertz CT molecular complexity index is 260. The van der Waals surface area contributed by atoms with E-state index in [4.69, 9.17) is 36.8 Å². The normalized spacial score (nSPS) is 16.9. The summed E-state index contributed by atoms with van der Waals surface area (Å²) in [5.41, 5.74) is 0. The van der Waals surface area contributed by atoms with Gasteiger partial charge in [-0.1, -0.05) is 63.7 Å². The number of hydrogen-bond donors (Lipinski definition) is 0. The zero-order chi connectivity index (χ0) is 15.6. The van der Waals surface area contributed by atoms with Crippen LogP contribution in [-0.2, 0) is 18.1 Å². The average Bonchev–Trinajstić information content (AvgIpc) is 2.47. The highest BCUT2D eigenvalue weighted by molar-refractivity contribution is 9.12. The van der Waals surface area contributed by atoms with E-state index >= 15 is 0 Å². The Balaban J connectivity index is 4.45. The third-order valence-corrected chi connectivity index (χ3v) is 8.43. The van der Waals surface area contributed by atoms with Gasteiger partial charge < -0.3 is 0 Å². The van der Waals surface area contributed by atoms with Gasteiger partial charge in [0.1, 0.15) is 0 Å². The summed E-state index contributed by atoms with van der Waals surface area (Å²) in [5, 5.41) is 0.842. The van der Waals surface area contributed by atoms with Crippen LogP contribution in [0, 0.1) is 0 Å². The second-order valence-electron chi connectivity index (χ2n) is 3.59. The topological polar surface area (TPSA) is 44.8 Å². The minimum Gasteiger partial charge on any atom is -0.286 e. The molecule has 0 saturated heterocycles. The lowest BCUT2D eigenvalue weighted by Crippen LogP contribution is -2.17. The molecule has 122 valence electrons. The summed E-state index contributed by atoms with van der Waals surface area (Å²) in [6.07, 6.45) is 0. The van der Waals surface area contributed by atoms with Gasteiger partial charge in [-0.25, -0.2) is 4.57 Å². The van der Waals surface area contributed by atoms with Crippen LogP contribution in [0.2, 0.25) is 0 Å². The van der Waals surface area contributed by atoms with Gasteiger partial charge in [0.2, 0.25) is 0 Å². The molecule has 0 fully saturated rings. The summed E-state index contributed by atoms with van der Waals surface area (Å²) in [6, 6.07) is 0. The molecular weight excluding hydrogens is 594 g/mol. The molecule has 11 heteroatoms. The van der Waals surface area contributed by atoms with Crippen molar-refractivity contribution in [2.45, 2.75) is 15.0 Å². The third kappa shape index (κ3) is 11.2. The number of rotatable bonds is 12. The van der Waals surface area contributed by atoms with Gasteiger partial charge in [0, 0.05) is 26.2 Å². The summed E-state index contributed by atoms with van der Waals surface area (Å²) in [4.78, 5) is -0.00224. The zero-order valence-electron chi connectivity index (χ0n) is 10.3. The molecule has 0 unspecified atom stereocenters. The maximum Gasteiger partial charge on any atom is 0.474 e. The van der Waals surface area contributed by atoms with Crippen LogP contribution in [0.3, 0.4) is 0 Å². The predicted octanol–water partition coefficient (Wildman–Crippen LogP) is 5.31. The maximum absolute atomic E-state index is 12.4. The Kier molecular flexibility index (Phi) is 14.7. The van der Waals surface area contributed by atoms with Crippen molar-refractivity contribution in [1.82, 2.24) is 0 Å². The van der Waals surface area contributed by atoms with Crippen molar-refractivity contribution in [2.75, 3.05) is 36.4 Å². The van der Waals surface area contributed by atoms with E-state index in [2.05, 4.69) is 63.7 Å². The number of phosphoric acid groups is 1. The van der Waals surface area contributed by atoms with Crippen LogP contribution >= 0.6 is 94.7 Å².